The smallest absolute Gasteiger partial charge is 0.268 e. The summed E-state index contributed by atoms with van der Waals surface area (Å²) in [5.74, 6) is 9.77. The van der Waals surface area contributed by atoms with Crippen LogP contribution in [0.3, 0.4) is 0 Å². The third-order valence-electron chi connectivity index (χ3n) is 4.69. The Kier molecular flexibility index (Phi) is 10.3. The number of benzene rings is 2. The van der Waals surface area contributed by atoms with Gasteiger partial charge in [-0.3, -0.25) is 19.6 Å². The number of aliphatic hydroxyl groups excluding tert-OH is 1. The maximum Gasteiger partial charge on any atom is 0.268 e. The molecule has 8 heteroatoms. The van der Waals surface area contributed by atoms with Crippen molar-refractivity contribution in [1.82, 2.24) is 10.8 Å². The Morgan fingerprint density at radius 1 is 1.00 bits per heavy atom. The second-order valence-corrected chi connectivity index (χ2v) is 7.48. The van der Waals surface area contributed by atoms with Crippen LogP contribution >= 0.6 is 0 Å². The van der Waals surface area contributed by atoms with E-state index in [4.69, 9.17) is 5.21 Å². The summed E-state index contributed by atoms with van der Waals surface area (Å²) in [5.41, 5.74) is 3.69. The molecular formula is C26H27N3O5. The lowest BCUT2D eigenvalue weighted by Gasteiger charge is -2.19. The molecule has 34 heavy (non-hydrogen) atoms. The topological polar surface area (TPSA) is 128 Å². The van der Waals surface area contributed by atoms with E-state index in [0.717, 1.165) is 12.8 Å². The minimum Gasteiger partial charge on any atom is -0.391 e. The van der Waals surface area contributed by atoms with Crippen molar-refractivity contribution in [3.63, 3.8) is 0 Å². The molecule has 0 unspecified atom stereocenters. The highest BCUT2D eigenvalue weighted by atomic mass is 16.5. The minimum absolute atomic E-state index is 0.0260. The zero-order chi connectivity index (χ0) is 24.9. The van der Waals surface area contributed by atoms with Crippen LogP contribution in [0, 0.1) is 23.7 Å². The second-order valence-electron chi connectivity index (χ2n) is 7.48. The number of amides is 3. The van der Waals surface area contributed by atoms with E-state index in [0.29, 0.717) is 23.2 Å². The molecular weight excluding hydrogens is 434 g/mol. The molecule has 0 saturated heterocycles. The van der Waals surface area contributed by atoms with Crippen LogP contribution in [0.25, 0.3) is 0 Å². The number of hydroxylamine groups is 1. The number of carbonyl (C=O) groups is 3. The maximum atomic E-state index is 12.3. The van der Waals surface area contributed by atoms with Crippen molar-refractivity contribution in [2.75, 3.05) is 5.32 Å². The van der Waals surface area contributed by atoms with Crippen molar-refractivity contribution in [2.45, 2.75) is 45.3 Å². The highest BCUT2D eigenvalue weighted by Gasteiger charge is 2.25. The molecule has 2 atom stereocenters. The maximum absolute atomic E-state index is 12.3. The number of aliphatic hydroxyl groups is 1. The minimum atomic E-state index is -1.30. The van der Waals surface area contributed by atoms with Gasteiger partial charge in [-0.05, 0) is 67.6 Å². The fraction of sp³-hybridized carbons (Fsp3) is 0.269. The molecule has 0 radical (unpaired) electrons. The SMILES string of the molecule is CCCCC(=O)Nc1cccc(C#CC#Cc2ccc(C(=O)N[C@H](C(=O)NO)[C@@H](C)O)cc2)c1. The van der Waals surface area contributed by atoms with Gasteiger partial charge < -0.3 is 15.7 Å². The highest BCUT2D eigenvalue weighted by Crippen LogP contribution is 2.11. The number of hydrogen-bond donors (Lipinski definition) is 5. The van der Waals surface area contributed by atoms with Crippen LogP contribution < -0.4 is 16.1 Å². The average molecular weight is 462 g/mol. The lowest BCUT2D eigenvalue weighted by molar-refractivity contribution is -0.133. The van der Waals surface area contributed by atoms with Crippen LogP contribution in [0.1, 0.15) is 54.6 Å². The van der Waals surface area contributed by atoms with Crippen molar-refractivity contribution in [3.8, 4) is 23.7 Å². The molecule has 2 aromatic carbocycles. The standard InChI is InChI=1S/C26H27N3O5/c1-3-4-12-23(31)27-22-11-7-10-20(17-22)9-6-5-8-19-13-15-21(16-14-19)25(32)28-24(18(2)30)26(33)29-34/h7,10-11,13-18,24,30,34H,3-4,12H2,1-2H3,(H,27,31)(H,28,32)(H,29,33)/t18-,24+/m1/s1. The third kappa shape index (κ3) is 8.44. The molecule has 0 bridgehead atoms. The van der Waals surface area contributed by atoms with Gasteiger partial charge in [0.1, 0.15) is 6.04 Å². The largest absolute Gasteiger partial charge is 0.391 e. The Hall–Kier alpha value is -4.11. The molecule has 0 heterocycles. The molecule has 0 aliphatic rings. The summed E-state index contributed by atoms with van der Waals surface area (Å²) >= 11 is 0. The Morgan fingerprint density at radius 2 is 1.68 bits per heavy atom. The van der Waals surface area contributed by atoms with E-state index in [1.54, 1.807) is 24.3 Å². The van der Waals surface area contributed by atoms with Crippen molar-refractivity contribution in [1.29, 1.82) is 0 Å². The molecule has 0 fully saturated rings. The molecule has 0 aliphatic carbocycles. The van der Waals surface area contributed by atoms with Crippen LogP contribution in [0.2, 0.25) is 0 Å². The fourth-order valence-corrected chi connectivity index (χ4v) is 2.85. The number of carbonyl (C=O) groups excluding carboxylic acids is 3. The van der Waals surface area contributed by atoms with Crippen molar-refractivity contribution in [2.24, 2.45) is 0 Å². The van der Waals surface area contributed by atoms with Gasteiger partial charge in [-0.2, -0.15) is 0 Å². The Labute approximate surface area is 198 Å². The lowest BCUT2D eigenvalue weighted by Crippen LogP contribution is -2.51. The van der Waals surface area contributed by atoms with Crippen molar-refractivity contribution >= 4 is 23.4 Å². The predicted octanol–water partition coefficient (Wildman–Crippen LogP) is 2.20. The first-order valence-electron chi connectivity index (χ1n) is 10.8. The van der Waals surface area contributed by atoms with E-state index in [1.165, 1.54) is 24.5 Å². The summed E-state index contributed by atoms with van der Waals surface area (Å²) in [5, 5.41) is 23.5. The zero-order valence-corrected chi connectivity index (χ0v) is 19.0. The van der Waals surface area contributed by atoms with Crippen molar-refractivity contribution in [3.05, 3.63) is 65.2 Å². The molecule has 2 rings (SSSR count). The molecule has 8 nitrogen and oxygen atoms in total. The van der Waals surface area contributed by atoms with Gasteiger partial charge in [0, 0.05) is 28.8 Å². The summed E-state index contributed by atoms with van der Waals surface area (Å²) in [7, 11) is 0. The Morgan fingerprint density at radius 3 is 2.29 bits per heavy atom. The van der Waals surface area contributed by atoms with Gasteiger partial charge in [0.15, 0.2) is 0 Å². The van der Waals surface area contributed by atoms with Gasteiger partial charge in [0.05, 0.1) is 6.10 Å². The zero-order valence-electron chi connectivity index (χ0n) is 19.0. The number of hydrogen-bond acceptors (Lipinski definition) is 5. The summed E-state index contributed by atoms with van der Waals surface area (Å²) in [4.78, 5) is 35.7. The van der Waals surface area contributed by atoms with Gasteiger partial charge in [0.2, 0.25) is 5.91 Å². The summed E-state index contributed by atoms with van der Waals surface area (Å²) in [6.45, 7) is 3.35. The first kappa shape index (κ1) is 26.1. The number of unbranched alkanes of at least 4 members (excludes halogenated alkanes) is 1. The van der Waals surface area contributed by atoms with Crippen LogP contribution in [0.5, 0.6) is 0 Å². The molecule has 3 amide bonds. The average Bonchev–Trinajstić information content (AvgIpc) is 2.83. The quantitative estimate of drug-likeness (QED) is 0.234. The van der Waals surface area contributed by atoms with Gasteiger partial charge in [-0.15, -0.1) is 0 Å². The lowest BCUT2D eigenvalue weighted by atomic mass is 10.1. The third-order valence-corrected chi connectivity index (χ3v) is 4.69. The number of nitrogens with one attached hydrogen (secondary N) is 3. The van der Waals surface area contributed by atoms with Gasteiger partial charge in [-0.25, -0.2) is 5.48 Å². The summed E-state index contributed by atoms with van der Waals surface area (Å²) in [6, 6.07) is 12.2. The molecule has 5 N–H and O–H groups in total. The van der Waals surface area contributed by atoms with E-state index in [1.807, 2.05) is 19.1 Å². The van der Waals surface area contributed by atoms with Crippen molar-refractivity contribution < 1.29 is 24.7 Å². The second kappa shape index (κ2) is 13.4. The molecule has 0 aliphatic heterocycles. The molecule has 176 valence electrons. The Balaban J connectivity index is 2.00. The van der Waals surface area contributed by atoms with Crippen LogP contribution in [0.4, 0.5) is 5.69 Å². The van der Waals surface area contributed by atoms with E-state index >= 15 is 0 Å². The first-order chi connectivity index (χ1) is 16.3. The monoisotopic (exact) mass is 461 g/mol. The van der Waals surface area contributed by atoms with Crippen LogP contribution in [0.15, 0.2) is 48.5 Å². The predicted molar refractivity (Wildman–Crippen MR) is 128 cm³/mol. The van der Waals surface area contributed by atoms with Crippen LogP contribution in [-0.4, -0.2) is 40.2 Å². The van der Waals surface area contributed by atoms with Gasteiger partial charge in [0.25, 0.3) is 11.8 Å². The number of anilines is 1. The summed E-state index contributed by atoms with van der Waals surface area (Å²) in [6.07, 6.45) is 1.09. The molecule has 0 spiro atoms. The fourth-order valence-electron chi connectivity index (χ4n) is 2.85. The van der Waals surface area contributed by atoms with E-state index in [2.05, 4.69) is 34.3 Å². The Bertz CT molecular complexity index is 1130. The number of rotatable bonds is 8. The molecule has 0 aromatic heterocycles. The van der Waals surface area contributed by atoms with Gasteiger partial charge in [-0.1, -0.05) is 31.3 Å². The molecule has 0 saturated carbocycles. The van der Waals surface area contributed by atoms with E-state index in [-0.39, 0.29) is 11.5 Å². The van der Waals surface area contributed by atoms with E-state index < -0.39 is 24.0 Å². The normalized spacial score (nSPS) is 11.5. The first-order valence-corrected chi connectivity index (χ1v) is 10.8. The highest BCUT2D eigenvalue weighted by molar-refractivity contribution is 5.97. The summed E-state index contributed by atoms with van der Waals surface area (Å²) < 4.78 is 0. The molecule has 2 aromatic rings. The van der Waals surface area contributed by atoms with E-state index in [9.17, 15) is 19.5 Å². The van der Waals surface area contributed by atoms with Gasteiger partial charge >= 0.3 is 0 Å². The van der Waals surface area contributed by atoms with Crippen LogP contribution in [-0.2, 0) is 9.59 Å².